The van der Waals surface area contributed by atoms with Crippen LogP contribution < -0.4 is 10.6 Å². The molecule has 2 aliphatic rings. The quantitative estimate of drug-likeness (QED) is 0.802. The van der Waals surface area contributed by atoms with Crippen molar-refractivity contribution in [2.45, 2.75) is 51.5 Å². The van der Waals surface area contributed by atoms with Crippen molar-refractivity contribution in [3.63, 3.8) is 0 Å². The first-order valence-corrected chi connectivity index (χ1v) is 8.69. The second-order valence-corrected chi connectivity index (χ2v) is 7.31. The Morgan fingerprint density at radius 3 is 2.45 bits per heavy atom. The lowest BCUT2D eigenvalue weighted by atomic mass is 10.0. The fourth-order valence-electron chi connectivity index (χ4n) is 3.00. The molecule has 4 nitrogen and oxygen atoms in total. The first-order valence-electron chi connectivity index (χ1n) is 7.90. The lowest BCUT2D eigenvalue weighted by Crippen LogP contribution is -2.43. The summed E-state index contributed by atoms with van der Waals surface area (Å²) in [5.74, 6) is -0.276. The fraction of sp³-hybridized carbons (Fsp3) is 0.529. The van der Waals surface area contributed by atoms with Gasteiger partial charge in [-0.05, 0) is 50.3 Å². The number of aryl methyl sites for hydroxylation is 1. The highest BCUT2D eigenvalue weighted by Gasteiger charge is 2.56. The molecule has 1 aromatic carbocycles. The first-order chi connectivity index (χ1) is 10.5. The second-order valence-electron chi connectivity index (χ2n) is 6.46. The van der Waals surface area contributed by atoms with Gasteiger partial charge in [-0.1, -0.05) is 34.8 Å². The van der Waals surface area contributed by atoms with Gasteiger partial charge >= 0.3 is 0 Å². The summed E-state index contributed by atoms with van der Waals surface area (Å²) < 4.78 is 0.950. The summed E-state index contributed by atoms with van der Waals surface area (Å²) >= 11 is 3.46. The molecule has 2 aliphatic carbocycles. The molecule has 0 bridgehead atoms. The number of halogens is 1. The van der Waals surface area contributed by atoms with Crippen molar-refractivity contribution in [1.29, 1.82) is 0 Å². The van der Waals surface area contributed by atoms with Crippen LogP contribution in [0.15, 0.2) is 22.7 Å². The van der Waals surface area contributed by atoms with Crippen LogP contribution in [-0.4, -0.2) is 17.9 Å². The van der Waals surface area contributed by atoms with E-state index in [-0.39, 0.29) is 17.9 Å². The van der Waals surface area contributed by atoms with E-state index < -0.39 is 5.41 Å². The van der Waals surface area contributed by atoms with Crippen molar-refractivity contribution in [3.8, 4) is 0 Å². The number of hydrogen-bond donors (Lipinski definition) is 2. The minimum atomic E-state index is -0.847. The Labute approximate surface area is 139 Å². The molecule has 0 heterocycles. The van der Waals surface area contributed by atoms with Crippen LogP contribution in [0.5, 0.6) is 0 Å². The van der Waals surface area contributed by atoms with Crippen LogP contribution in [0.25, 0.3) is 0 Å². The Morgan fingerprint density at radius 1 is 1.18 bits per heavy atom. The maximum atomic E-state index is 12.5. The number of benzene rings is 1. The highest BCUT2D eigenvalue weighted by atomic mass is 79.9. The molecule has 22 heavy (non-hydrogen) atoms. The van der Waals surface area contributed by atoms with E-state index in [1.54, 1.807) is 0 Å². The summed E-state index contributed by atoms with van der Waals surface area (Å²) in [6.07, 6.45) is 5.70. The average Bonchev–Trinajstić information content (AvgIpc) is 3.16. The maximum absolute atomic E-state index is 12.5. The molecule has 0 aliphatic heterocycles. The Hall–Kier alpha value is -1.36. The summed E-state index contributed by atoms with van der Waals surface area (Å²) in [5.41, 5.74) is 0.987. The van der Waals surface area contributed by atoms with Crippen LogP contribution in [0.3, 0.4) is 0 Å². The Morgan fingerprint density at radius 2 is 1.86 bits per heavy atom. The SMILES string of the molecule is Cc1ccc(NC(=O)C2(C(=O)NC3CCCC3)CC2)cc1Br. The first kappa shape index (κ1) is 15.5. The van der Waals surface area contributed by atoms with Gasteiger partial charge in [0.15, 0.2) is 0 Å². The summed E-state index contributed by atoms with van der Waals surface area (Å²) in [7, 11) is 0. The minimum Gasteiger partial charge on any atom is -0.352 e. The van der Waals surface area contributed by atoms with Gasteiger partial charge in [0.25, 0.3) is 0 Å². The van der Waals surface area contributed by atoms with Crippen molar-refractivity contribution in [2.24, 2.45) is 5.41 Å². The lowest BCUT2D eigenvalue weighted by Gasteiger charge is -2.19. The summed E-state index contributed by atoms with van der Waals surface area (Å²) in [5, 5.41) is 5.95. The molecule has 1 aromatic rings. The van der Waals surface area contributed by atoms with Gasteiger partial charge in [-0.15, -0.1) is 0 Å². The fourth-order valence-corrected chi connectivity index (χ4v) is 3.38. The molecule has 3 rings (SSSR count). The molecule has 0 spiro atoms. The van der Waals surface area contributed by atoms with Gasteiger partial charge in [-0.3, -0.25) is 9.59 Å². The van der Waals surface area contributed by atoms with Gasteiger partial charge in [0.05, 0.1) is 0 Å². The summed E-state index contributed by atoms with van der Waals surface area (Å²) in [6, 6.07) is 5.94. The van der Waals surface area contributed by atoms with Crippen LogP contribution in [0, 0.1) is 12.3 Å². The van der Waals surface area contributed by atoms with E-state index in [0.29, 0.717) is 12.8 Å². The topological polar surface area (TPSA) is 58.2 Å². The van der Waals surface area contributed by atoms with Crippen molar-refractivity contribution >= 4 is 33.4 Å². The molecule has 0 unspecified atom stereocenters. The van der Waals surface area contributed by atoms with Gasteiger partial charge in [-0.2, -0.15) is 0 Å². The van der Waals surface area contributed by atoms with Crippen LogP contribution in [-0.2, 0) is 9.59 Å². The Balaban J connectivity index is 1.65. The molecule has 118 valence electrons. The van der Waals surface area contributed by atoms with Crippen LogP contribution in [0.2, 0.25) is 0 Å². The molecular weight excluding hydrogens is 344 g/mol. The highest BCUT2D eigenvalue weighted by Crippen LogP contribution is 2.47. The number of carbonyl (C=O) groups is 2. The molecule has 0 aromatic heterocycles. The predicted molar refractivity (Wildman–Crippen MR) is 89.6 cm³/mol. The minimum absolute atomic E-state index is 0.0944. The van der Waals surface area contributed by atoms with Crippen molar-refractivity contribution in [3.05, 3.63) is 28.2 Å². The molecule has 2 N–H and O–H groups in total. The molecule has 0 saturated heterocycles. The van der Waals surface area contributed by atoms with Gasteiger partial charge in [-0.25, -0.2) is 0 Å². The molecule has 5 heteroatoms. The third-order valence-corrected chi connectivity index (χ3v) is 5.59. The third kappa shape index (κ3) is 3.05. The highest BCUT2D eigenvalue weighted by molar-refractivity contribution is 9.10. The summed E-state index contributed by atoms with van der Waals surface area (Å²) in [6.45, 7) is 1.99. The van der Waals surface area contributed by atoms with Crippen molar-refractivity contribution < 1.29 is 9.59 Å². The van der Waals surface area contributed by atoms with E-state index in [0.717, 1.165) is 28.6 Å². The molecule has 0 atom stereocenters. The van der Waals surface area contributed by atoms with Crippen LogP contribution in [0.4, 0.5) is 5.69 Å². The van der Waals surface area contributed by atoms with E-state index >= 15 is 0 Å². The van der Waals surface area contributed by atoms with E-state index in [1.807, 2.05) is 25.1 Å². The number of anilines is 1. The monoisotopic (exact) mass is 364 g/mol. The normalized spacial score (nSPS) is 19.7. The van der Waals surface area contributed by atoms with Crippen LogP contribution in [0.1, 0.15) is 44.1 Å². The number of nitrogens with one attached hydrogen (secondary N) is 2. The number of amides is 2. The molecule has 2 amide bonds. The predicted octanol–water partition coefficient (Wildman–Crippen LogP) is 3.54. The van der Waals surface area contributed by atoms with E-state index in [9.17, 15) is 9.59 Å². The van der Waals surface area contributed by atoms with E-state index in [2.05, 4.69) is 26.6 Å². The Kier molecular flexibility index (Phi) is 4.26. The van der Waals surface area contributed by atoms with Gasteiger partial charge in [0.1, 0.15) is 5.41 Å². The largest absolute Gasteiger partial charge is 0.352 e. The second kappa shape index (κ2) is 6.03. The van der Waals surface area contributed by atoms with E-state index in [1.165, 1.54) is 12.8 Å². The number of carbonyl (C=O) groups excluding carboxylic acids is 2. The van der Waals surface area contributed by atoms with E-state index in [4.69, 9.17) is 0 Å². The van der Waals surface area contributed by atoms with Gasteiger partial charge in [0.2, 0.25) is 11.8 Å². The average molecular weight is 365 g/mol. The number of rotatable bonds is 4. The molecular formula is C17H21BrN2O2. The Bertz CT molecular complexity index is 605. The van der Waals surface area contributed by atoms with Gasteiger partial charge < -0.3 is 10.6 Å². The number of hydrogen-bond acceptors (Lipinski definition) is 2. The molecule has 2 fully saturated rings. The van der Waals surface area contributed by atoms with Gasteiger partial charge in [0, 0.05) is 16.2 Å². The molecule has 2 saturated carbocycles. The zero-order chi connectivity index (χ0) is 15.7. The van der Waals surface area contributed by atoms with Crippen LogP contribution >= 0.6 is 15.9 Å². The lowest BCUT2D eigenvalue weighted by molar-refractivity contribution is -0.134. The summed E-state index contributed by atoms with van der Waals surface area (Å²) in [4.78, 5) is 25.0. The molecule has 0 radical (unpaired) electrons. The standard InChI is InChI=1S/C17H21BrN2O2/c1-11-6-7-13(10-14(11)18)20-16(22)17(8-9-17)15(21)19-12-4-2-3-5-12/h6-7,10,12H,2-5,8-9H2,1H3,(H,19,21)(H,20,22). The smallest absolute Gasteiger partial charge is 0.240 e. The third-order valence-electron chi connectivity index (χ3n) is 4.74. The van der Waals surface area contributed by atoms with Crippen molar-refractivity contribution in [2.75, 3.05) is 5.32 Å². The maximum Gasteiger partial charge on any atom is 0.240 e. The van der Waals surface area contributed by atoms with Crippen molar-refractivity contribution in [1.82, 2.24) is 5.32 Å². The zero-order valence-electron chi connectivity index (χ0n) is 12.7. The zero-order valence-corrected chi connectivity index (χ0v) is 14.3.